The molecule has 3 amide bonds. The Kier molecular flexibility index (Phi) is 6.17. The molecule has 1 atom stereocenters. The fourth-order valence-electron chi connectivity index (χ4n) is 4.89. The SMILES string of the molecule is N#Cc1cc(S(=O)(=O)N2CCN(c3cc4c(cc3F)C(=O)N(C3CCC(=O)NC3=O)C4)CC2)ccc1F. The Hall–Kier alpha value is -3.89. The van der Waals surface area contributed by atoms with Crippen LogP contribution in [0.25, 0.3) is 0 Å². The van der Waals surface area contributed by atoms with Gasteiger partial charge in [0.1, 0.15) is 23.7 Å². The molecule has 192 valence electrons. The first-order valence-corrected chi connectivity index (χ1v) is 13.0. The molecule has 13 heteroatoms. The molecule has 0 aliphatic carbocycles. The van der Waals surface area contributed by atoms with Gasteiger partial charge in [0.05, 0.1) is 16.1 Å². The number of anilines is 1. The van der Waals surface area contributed by atoms with Crippen LogP contribution < -0.4 is 10.2 Å². The van der Waals surface area contributed by atoms with Crippen LogP contribution in [0.15, 0.2) is 35.2 Å². The number of amides is 3. The zero-order valence-electron chi connectivity index (χ0n) is 19.4. The Labute approximate surface area is 211 Å². The van der Waals surface area contributed by atoms with Crippen LogP contribution in [0.1, 0.15) is 34.3 Å². The molecular weight excluding hydrogens is 508 g/mol. The third kappa shape index (κ3) is 4.32. The summed E-state index contributed by atoms with van der Waals surface area (Å²) >= 11 is 0. The van der Waals surface area contributed by atoms with Crippen molar-refractivity contribution in [3.05, 3.63) is 58.7 Å². The van der Waals surface area contributed by atoms with E-state index in [1.165, 1.54) is 15.3 Å². The average molecular weight is 530 g/mol. The normalized spacial score (nSPS) is 20.6. The van der Waals surface area contributed by atoms with Crippen molar-refractivity contribution in [3.63, 3.8) is 0 Å². The standard InChI is InChI=1S/C24H21F2N5O5S/c25-18-2-1-16(9-14(18)12-27)37(35,36)30-7-5-29(6-8-30)21-10-15-13-31(24(34)17(15)11-19(21)26)20-3-4-22(32)28-23(20)33/h1-2,9-11,20H,3-8,13H2,(H,28,32,33). The Bertz CT molecular complexity index is 1480. The van der Waals surface area contributed by atoms with Crippen LogP contribution in [0.5, 0.6) is 0 Å². The molecule has 0 saturated carbocycles. The first kappa shape index (κ1) is 24.8. The summed E-state index contributed by atoms with van der Waals surface area (Å²) in [5.41, 5.74) is 0.524. The van der Waals surface area contributed by atoms with Gasteiger partial charge in [0.15, 0.2) is 0 Å². The van der Waals surface area contributed by atoms with Crippen LogP contribution in [0, 0.1) is 23.0 Å². The van der Waals surface area contributed by atoms with E-state index in [0.717, 1.165) is 24.3 Å². The van der Waals surface area contributed by atoms with Crippen LogP contribution in [-0.4, -0.2) is 67.6 Å². The van der Waals surface area contributed by atoms with Crippen LogP contribution >= 0.6 is 0 Å². The van der Waals surface area contributed by atoms with E-state index in [1.54, 1.807) is 11.0 Å². The molecule has 0 radical (unpaired) electrons. The summed E-state index contributed by atoms with van der Waals surface area (Å²) in [5.74, 6) is -2.90. The number of nitrogens with one attached hydrogen (secondary N) is 1. The maximum absolute atomic E-state index is 15.1. The molecule has 1 N–H and O–H groups in total. The third-order valence-corrected chi connectivity index (χ3v) is 8.76. The lowest BCUT2D eigenvalue weighted by atomic mass is 10.0. The second kappa shape index (κ2) is 9.20. The molecule has 2 aromatic carbocycles. The molecule has 2 fully saturated rings. The molecule has 5 rings (SSSR count). The Morgan fingerprint density at radius 3 is 2.41 bits per heavy atom. The molecule has 3 heterocycles. The minimum Gasteiger partial charge on any atom is -0.367 e. The fourth-order valence-corrected chi connectivity index (χ4v) is 6.34. The number of sulfonamides is 1. The number of piperazine rings is 1. The number of nitriles is 1. The molecule has 10 nitrogen and oxygen atoms in total. The summed E-state index contributed by atoms with van der Waals surface area (Å²) < 4.78 is 55.9. The van der Waals surface area contributed by atoms with Gasteiger partial charge in [-0.2, -0.15) is 9.57 Å². The molecule has 0 spiro atoms. The summed E-state index contributed by atoms with van der Waals surface area (Å²) in [7, 11) is -3.99. The van der Waals surface area contributed by atoms with Crippen molar-refractivity contribution in [1.82, 2.24) is 14.5 Å². The van der Waals surface area contributed by atoms with Gasteiger partial charge in [-0.3, -0.25) is 19.7 Å². The number of benzene rings is 2. The highest BCUT2D eigenvalue weighted by molar-refractivity contribution is 7.89. The molecule has 0 aromatic heterocycles. The van der Waals surface area contributed by atoms with E-state index in [2.05, 4.69) is 5.32 Å². The van der Waals surface area contributed by atoms with Gasteiger partial charge in [-0.05, 0) is 42.3 Å². The Morgan fingerprint density at radius 1 is 1.00 bits per heavy atom. The predicted octanol–water partition coefficient (Wildman–Crippen LogP) is 1.11. The number of halogens is 2. The predicted molar refractivity (Wildman–Crippen MR) is 125 cm³/mol. The summed E-state index contributed by atoms with van der Waals surface area (Å²) in [5, 5.41) is 11.2. The van der Waals surface area contributed by atoms with E-state index in [4.69, 9.17) is 5.26 Å². The second-order valence-corrected chi connectivity index (χ2v) is 10.9. The zero-order chi connectivity index (χ0) is 26.5. The van der Waals surface area contributed by atoms with Crippen LogP contribution in [-0.2, 0) is 26.2 Å². The largest absolute Gasteiger partial charge is 0.367 e. The number of carbonyl (C=O) groups is 3. The van der Waals surface area contributed by atoms with E-state index in [1.807, 2.05) is 0 Å². The number of nitrogens with zero attached hydrogens (tertiary/aromatic N) is 4. The first-order chi connectivity index (χ1) is 17.6. The summed E-state index contributed by atoms with van der Waals surface area (Å²) in [6.45, 7) is 0.463. The number of hydrogen-bond donors (Lipinski definition) is 1. The maximum Gasteiger partial charge on any atom is 0.255 e. The van der Waals surface area contributed by atoms with Crippen molar-refractivity contribution < 1.29 is 31.6 Å². The highest BCUT2D eigenvalue weighted by atomic mass is 32.2. The van der Waals surface area contributed by atoms with Crippen molar-refractivity contribution in [3.8, 4) is 6.07 Å². The summed E-state index contributed by atoms with van der Waals surface area (Å²) in [4.78, 5) is 39.4. The number of rotatable bonds is 4. The quantitative estimate of drug-likeness (QED) is 0.587. The van der Waals surface area contributed by atoms with Crippen molar-refractivity contribution in [1.29, 1.82) is 5.26 Å². The lowest BCUT2D eigenvalue weighted by Gasteiger charge is -2.35. The van der Waals surface area contributed by atoms with Crippen LogP contribution in [0.2, 0.25) is 0 Å². The van der Waals surface area contributed by atoms with Gasteiger partial charge < -0.3 is 9.80 Å². The van der Waals surface area contributed by atoms with Gasteiger partial charge >= 0.3 is 0 Å². The Balaban J connectivity index is 1.31. The molecule has 1 unspecified atom stereocenters. The minimum absolute atomic E-state index is 0.0272. The highest BCUT2D eigenvalue weighted by Gasteiger charge is 2.40. The third-order valence-electron chi connectivity index (χ3n) is 6.87. The van der Waals surface area contributed by atoms with Gasteiger partial charge in [0, 0.05) is 44.7 Å². The van der Waals surface area contributed by atoms with Crippen molar-refractivity contribution >= 4 is 33.4 Å². The molecule has 2 saturated heterocycles. The monoisotopic (exact) mass is 529 g/mol. The van der Waals surface area contributed by atoms with Crippen LogP contribution in [0.3, 0.4) is 0 Å². The topological polar surface area (TPSA) is 131 Å². The molecule has 2 aromatic rings. The number of fused-ring (bicyclic) bond motifs is 1. The average Bonchev–Trinajstić information content (AvgIpc) is 3.18. The minimum atomic E-state index is -3.99. The maximum atomic E-state index is 15.1. The van der Waals surface area contributed by atoms with Gasteiger partial charge in [-0.25, -0.2) is 17.2 Å². The van der Waals surface area contributed by atoms with E-state index in [-0.39, 0.29) is 67.3 Å². The summed E-state index contributed by atoms with van der Waals surface area (Å²) in [6, 6.07) is 6.50. The molecule has 3 aliphatic heterocycles. The molecule has 0 bridgehead atoms. The van der Waals surface area contributed by atoms with Gasteiger partial charge in [-0.15, -0.1) is 0 Å². The van der Waals surface area contributed by atoms with E-state index >= 15 is 4.39 Å². The lowest BCUT2D eigenvalue weighted by Crippen LogP contribution is -2.52. The number of carbonyl (C=O) groups excluding carboxylic acids is 3. The number of imide groups is 1. The first-order valence-electron chi connectivity index (χ1n) is 11.5. The smallest absolute Gasteiger partial charge is 0.255 e. The van der Waals surface area contributed by atoms with Gasteiger partial charge in [0.25, 0.3) is 5.91 Å². The number of piperidine rings is 1. The highest BCUT2D eigenvalue weighted by Crippen LogP contribution is 2.33. The second-order valence-electron chi connectivity index (χ2n) is 9.01. The van der Waals surface area contributed by atoms with Crippen molar-refractivity contribution in [2.24, 2.45) is 0 Å². The van der Waals surface area contributed by atoms with Gasteiger partial charge in [0.2, 0.25) is 21.8 Å². The number of hydrogen-bond acceptors (Lipinski definition) is 7. The zero-order valence-corrected chi connectivity index (χ0v) is 20.2. The summed E-state index contributed by atoms with van der Waals surface area (Å²) in [6.07, 6.45) is 0.305. The van der Waals surface area contributed by atoms with Crippen molar-refractivity contribution in [2.75, 3.05) is 31.1 Å². The van der Waals surface area contributed by atoms with Crippen LogP contribution in [0.4, 0.5) is 14.5 Å². The van der Waals surface area contributed by atoms with E-state index in [9.17, 15) is 27.2 Å². The molecule has 3 aliphatic rings. The van der Waals surface area contributed by atoms with Gasteiger partial charge in [-0.1, -0.05) is 0 Å². The Morgan fingerprint density at radius 2 is 1.73 bits per heavy atom. The fraction of sp³-hybridized carbons (Fsp3) is 0.333. The molecular formula is C24H21F2N5O5S. The van der Waals surface area contributed by atoms with E-state index < -0.39 is 45.4 Å². The van der Waals surface area contributed by atoms with E-state index in [0.29, 0.717) is 5.56 Å². The van der Waals surface area contributed by atoms with Crippen molar-refractivity contribution in [2.45, 2.75) is 30.3 Å². The lowest BCUT2D eigenvalue weighted by molar-refractivity contribution is -0.136. The molecule has 37 heavy (non-hydrogen) atoms.